The Morgan fingerprint density at radius 2 is 0.884 bits per heavy atom. The number of hydrogen-bond acceptors (Lipinski definition) is 11. The van der Waals surface area contributed by atoms with Gasteiger partial charge in [-0.15, -0.1) is 0 Å². The molecule has 1 heterocycles. The van der Waals surface area contributed by atoms with Crippen molar-refractivity contribution in [1.29, 1.82) is 0 Å². The second kappa shape index (κ2) is 35.5. The fraction of sp³-hybridized carbons (Fsp3) is 0.766. The lowest BCUT2D eigenvalue weighted by Crippen LogP contribution is -2.61. The smallest absolute Gasteiger partial charge is 0.270 e. The molecule has 0 spiro atoms. The van der Waals surface area contributed by atoms with Gasteiger partial charge in [-0.1, -0.05) is 116 Å². The highest BCUT2D eigenvalue weighted by Crippen LogP contribution is 2.26. The normalized spacial score (nSPS) is 26.4. The van der Waals surface area contributed by atoms with Crippen molar-refractivity contribution in [2.24, 2.45) is 41.4 Å². The van der Waals surface area contributed by atoms with Gasteiger partial charge in [-0.2, -0.15) is 0 Å². The molecule has 0 saturated carbocycles. The highest BCUT2D eigenvalue weighted by atomic mass is 16.2. The molecule has 0 unspecified atom stereocenters. The van der Waals surface area contributed by atoms with E-state index in [1.54, 1.807) is 34.6 Å². The van der Waals surface area contributed by atoms with Gasteiger partial charge in [0.1, 0.15) is 66.1 Å². The van der Waals surface area contributed by atoms with E-state index in [9.17, 15) is 38.4 Å². The van der Waals surface area contributed by atoms with E-state index in [4.69, 9.17) is 0 Å². The largest absolute Gasteiger partial charge is 0.343 e. The van der Waals surface area contributed by atoms with Gasteiger partial charge in [-0.25, -0.2) is 0 Å². The number of hydrogen-bond donors (Lipinski definition) is 4. The van der Waals surface area contributed by atoms with Crippen molar-refractivity contribution in [1.82, 2.24) is 55.6 Å². The molecule has 22 heteroatoms. The maximum atomic E-state index is 15.2. The third kappa shape index (κ3) is 21.8. The number of likely N-dealkylation sites (N-methyl/N-ethyl adjacent to an activating group) is 7. The highest BCUT2D eigenvalue weighted by Gasteiger charge is 2.44. The molecule has 0 bridgehead atoms. The van der Waals surface area contributed by atoms with Crippen molar-refractivity contribution in [3.8, 4) is 0 Å². The summed E-state index contributed by atoms with van der Waals surface area (Å²) in [6.45, 7) is 34.6. The van der Waals surface area contributed by atoms with Crippen LogP contribution in [0.2, 0.25) is 0 Å². The Morgan fingerprint density at radius 3 is 1.36 bits per heavy atom. The van der Waals surface area contributed by atoms with Crippen LogP contribution >= 0.6 is 0 Å². The van der Waals surface area contributed by atoms with Gasteiger partial charge in [0.25, 0.3) is 5.91 Å². The molecular formula is C64H113N11O11. The number of nitrogens with one attached hydrogen (secondary N) is 4. The van der Waals surface area contributed by atoms with Crippen molar-refractivity contribution < 1.29 is 52.7 Å². The Labute approximate surface area is 516 Å². The van der Waals surface area contributed by atoms with Crippen LogP contribution in [0.1, 0.15) is 169 Å². The summed E-state index contributed by atoms with van der Waals surface area (Å²) in [5.74, 6) is -8.59. The Balaban J connectivity index is 4.35. The van der Waals surface area contributed by atoms with Gasteiger partial charge in [0.2, 0.25) is 59.1 Å². The van der Waals surface area contributed by atoms with E-state index >= 15 is 14.4 Å². The number of rotatable bonds is 16. The molecule has 0 aromatic rings. The van der Waals surface area contributed by atoms with Crippen molar-refractivity contribution in [3.63, 3.8) is 0 Å². The van der Waals surface area contributed by atoms with E-state index in [0.717, 1.165) is 9.80 Å². The molecular weight excluding hydrogens is 1100 g/mol. The van der Waals surface area contributed by atoms with Crippen LogP contribution in [-0.2, 0) is 52.7 Å². The van der Waals surface area contributed by atoms with Crippen LogP contribution in [0.4, 0.5) is 0 Å². The van der Waals surface area contributed by atoms with Gasteiger partial charge in [0.15, 0.2) is 0 Å². The lowest BCUT2D eigenvalue weighted by molar-refractivity contribution is -0.156. The molecule has 1 fully saturated rings. The van der Waals surface area contributed by atoms with E-state index in [1.165, 1.54) is 87.7 Å². The van der Waals surface area contributed by atoms with Crippen molar-refractivity contribution >= 4 is 65.0 Å². The van der Waals surface area contributed by atoms with E-state index in [-0.39, 0.29) is 73.8 Å². The van der Waals surface area contributed by atoms with Crippen LogP contribution in [0.25, 0.3) is 0 Å². The van der Waals surface area contributed by atoms with Gasteiger partial charge in [0, 0.05) is 49.3 Å². The van der Waals surface area contributed by atoms with E-state index in [2.05, 4.69) is 27.8 Å². The average molecular weight is 1210 g/mol. The van der Waals surface area contributed by atoms with Crippen molar-refractivity contribution in [3.05, 3.63) is 24.4 Å². The molecule has 11 amide bonds. The van der Waals surface area contributed by atoms with Gasteiger partial charge in [-0.05, 0) is 114 Å². The molecule has 86 heavy (non-hydrogen) atoms. The van der Waals surface area contributed by atoms with E-state index in [0.29, 0.717) is 12.8 Å². The molecule has 490 valence electrons. The van der Waals surface area contributed by atoms with Gasteiger partial charge in [-0.3, -0.25) is 52.7 Å². The third-order valence-electron chi connectivity index (χ3n) is 16.4. The molecule has 0 aromatic heterocycles. The van der Waals surface area contributed by atoms with E-state index < -0.39 is 137 Å². The predicted molar refractivity (Wildman–Crippen MR) is 336 cm³/mol. The van der Waals surface area contributed by atoms with Crippen LogP contribution in [0.15, 0.2) is 24.4 Å². The lowest BCUT2D eigenvalue weighted by Gasteiger charge is -2.41. The first kappa shape index (κ1) is 77.7. The maximum absolute atomic E-state index is 15.2. The number of amides is 11. The number of allylic oxidation sites excluding steroid dienone is 2. The summed E-state index contributed by atoms with van der Waals surface area (Å²) >= 11 is 0. The molecule has 4 N–H and O–H groups in total. The van der Waals surface area contributed by atoms with Gasteiger partial charge >= 0.3 is 0 Å². The summed E-state index contributed by atoms with van der Waals surface area (Å²) < 4.78 is 0. The molecule has 1 aliphatic heterocycles. The molecule has 22 nitrogen and oxygen atoms in total. The minimum atomic E-state index is -1.22. The lowest BCUT2D eigenvalue weighted by atomic mass is 9.94. The zero-order valence-corrected chi connectivity index (χ0v) is 57.0. The summed E-state index contributed by atoms with van der Waals surface area (Å²) in [4.78, 5) is 170. The first-order valence-corrected chi connectivity index (χ1v) is 31.1. The summed E-state index contributed by atoms with van der Waals surface area (Å²) in [5.41, 5.74) is -0.311. The summed E-state index contributed by atoms with van der Waals surface area (Å²) in [6, 6.07) is -11.7. The predicted octanol–water partition coefficient (Wildman–Crippen LogP) is 5.20. The quantitative estimate of drug-likeness (QED) is 0.115. The topological polar surface area (TPSA) is 259 Å². The second-order valence-corrected chi connectivity index (χ2v) is 26.4. The van der Waals surface area contributed by atoms with Gasteiger partial charge in [0.05, 0.1) is 0 Å². The summed E-state index contributed by atoms with van der Waals surface area (Å²) in [5, 5.41) is 11.1. The van der Waals surface area contributed by atoms with Gasteiger partial charge < -0.3 is 55.6 Å². The fourth-order valence-electron chi connectivity index (χ4n) is 10.8. The standard InChI is InChI=1S/C64H113N11O11/c1-26-28-29-42(15)35-50-56(78)67-46(27-2)60(82)69(19)45(18)59(81)71(21)49(33-38(7)8)57(79)68-52(40(11)12)63(85)72(22)48(32-37(5)6)55(77)65-43(16)54(76)66-44(17)58(80)74(24)51(34-39(9)10)62(84)70(20)47(31-30-36(3)4)61(83)75(25)53(41(13)14)64(86)73(50)23/h26,28,36-44,46-53H,18,27,29-35H2,1-17,19-25H3,(H,65,77)(H,66,76)(H,67,78)(H,68,79)/b28-26+/t42-,43-,44+,46+,47+,48-,49+,50+,51+,52-,53+/m1/s1. The zero-order chi connectivity index (χ0) is 66.7. The molecule has 1 rings (SSSR count). The second-order valence-electron chi connectivity index (χ2n) is 26.4. The SMILES string of the molecule is C=C1C(=O)N(C)[C@@H](CC(C)C)C(=O)N[C@H](C(C)C)C(=O)N(C)[C@H](CC(C)C)C(=O)N[C@H](C)C(=O)N[C@@H](C)C(=O)N(C)[C@@H](CC(C)C)C(=O)N(C)[C@@H](CCC(C)C)C(=O)N(C)[C@@H](C(C)C)C(=O)N(C)[C@@H](C[C@H](C)C/C=C/C)C(=O)N[C@@H](CC)C(=O)N1C. The molecule has 0 aromatic carbocycles. The highest BCUT2D eigenvalue weighted by molar-refractivity contribution is 6.02. The summed E-state index contributed by atoms with van der Waals surface area (Å²) in [7, 11) is 10.1. The van der Waals surface area contributed by atoms with Crippen LogP contribution in [-0.4, -0.2) is 209 Å². The number of carbonyl (C=O) groups is 11. The third-order valence-corrected chi connectivity index (χ3v) is 16.4. The first-order chi connectivity index (χ1) is 39.7. The molecule has 0 aliphatic carbocycles. The van der Waals surface area contributed by atoms with Crippen LogP contribution < -0.4 is 21.3 Å². The average Bonchev–Trinajstić information content (AvgIpc) is 1.36. The van der Waals surface area contributed by atoms with E-state index in [1.807, 2.05) is 81.4 Å². The summed E-state index contributed by atoms with van der Waals surface area (Å²) in [6.07, 6.45) is 5.81. The Bertz CT molecular complexity index is 2390. The first-order valence-electron chi connectivity index (χ1n) is 31.1. The van der Waals surface area contributed by atoms with Crippen LogP contribution in [0, 0.1) is 41.4 Å². The van der Waals surface area contributed by atoms with Crippen LogP contribution in [0.3, 0.4) is 0 Å². The molecule has 0 radical (unpaired) electrons. The van der Waals surface area contributed by atoms with Crippen molar-refractivity contribution in [2.45, 2.75) is 229 Å². The molecule has 11 atom stereocenters. The monoisotopic (exact) mass is 1210 g/mol. The number of carbonyl (C=O) groups excluding carboxylic acids is 11. The molecule has 1 aliphatic rings. The minimum absolute atomic E-state index is 0.0623. The van der Waals surface area contributed by atoms with Crippen LogP contribution in [0.5, 0.6) is 0 Å². The molecule has 1 saturated heterocycles. The Kier molecular flexibility index (Phi) is 32.0. The van der Waals surface area contributed by atoms with Crippen molar-refractivity contribution in [2.75, 3.05) is 49.3 Å². The zero-order valence-electron chi connectivity index (χ0n) is 57.0. The fourth-order valence-corrected chi connectivity index (χ4v) is 10.8. The number of nitrogens with zero attached hydrogens (tertiary/aromatic N) is 7. The Morgan fingerprint density at radius 1 is 0.453 bits per heavy atom. The Hall–Kier alpha value is -6.35. The maximum Gasteiger partial charge on any atom is 0.270 e. The minimum Gasteiger partial charge on any atom is -0.343 e.